The summed E-state index contributed by atoms with van der Waals surface area (Å²) in [6.07, 6.45) is 4.10. The highest BCUT2D eigenvalue weighted by atomic mass is 35.5. The van der Waals surface area contributed by atoms with Gasteiger partial charge in [-0.1, -0.05) is 36.2 Å². The molecule has 0 saturated carbocycles. The average molecular weight is 312 g/mol. The van der Waals surface area contributed by atoms with Gasteiger partial charge in [-0.15, -0.1) is 0 Å². The zero-order valence-electron chi connectivity index (χ0n) is 11.5. The number of hydrazone groups is 1. The molecule has 0 aliphatic carbocycles. The number of nitrogens with one attached hydrogen (secondary N) is 2. The lowest BCUT2D eigenvalue weighted by atomic mass is 10.1. The fraction of sp³-hybridized carbons (Fsp3) is 0.357. The van der Waals surface area contributed by atoms with Crippen molar-refractivity contribution in [1.29, 1.82) is 0 Å². The van der Waals surface area contributed by atoms with Crippen molar-refractivity contribution in [2.24, 2.45) is 5.10 Å². The third kappa shape index (κ3) is 7.43. The predicted octanol–water partition coefficient (Wildman–Crippen LogP) is 2.25. The van der Waals surface area contributed by atoms with Crippen molar-refractivity contribution in [3.05, 3.63) is 34.9 Å². The monoisotopic (exact) mass is 311 g/mol. The first-order valence-corrected chi connectivity index (χ1v) is 7.00. The van der Waals surface area contributed by atoms with Crippen LogP contribution < -0.4 is 10.9 Å². The van der Waals surface area contributed by atoms with Gasteiger partial charge >= 0.3 is 0 Å². The van der Waals surface area contributed by atoms with Crippen LogP contribution in [0.15, 0.2) is 29.4 Å². The van der Waals surface area contributed by atoms with Gasteiger partial charge in [0.25, 0.3) is 0 Å². The zero-order valence-corrected chi connectivity index (χ0v) is 12.3. The maximum absolute atomic E-state index is 11.5. The second-order valence-corrected chi connectivity index (χ2v) is 4.82. The van der Waals surface area contributed by atoms with Crippen molar-refractivity contribution in [2.75, 3.05) is 0 Å². The molecule has 1 aromatic rings. The van der Waals surface area contributed by atoms with Gasteiger partial charge in [-0.3, -0.25) is 14.8 Å². The highest BCUT2D eigenvalue weighted by Crippen LogP contribution is 2.12. The molecule has 1 aromatic carbocycles. The number of benzene rings is 1. The number of halogens is 1. The van der Waals surface area contributed by atoms with Gasteiger partial charge in [-0.05, 0) is 18.9 Å². The number of rotatable bonds is 8. The molecular weight excluding hydrogens is 294 g/mol. The Balaban J connectivity index is 2.17. The normalized spacial score (nSPS) is 10.6. The van der Waals surface area contributed by atoms with Crippen LogP contribution in [0.2, 0.25) is 5.02 Å². The van der Waals surface area contributed by atoms with E-state index in [-0.39, 0.29) is 12.3 Å². The van der Waals surface area contributed by atoms with Crippen molar-refractivity contribution < 1.29 is 14.8 Å². The number of carbonyl (C=O) groups excluding carboxylic acids is 2. The molecule has 2 amide bonds. The first kappa shape index (κ1) is 17.1. The second kappa shape index (κ2) is 9.90. The molecule has 0 atom stereocenters. The quantitative estimate of drug-likeness (QED) is 0.297. The number of carbonyl (C=O) groups is 2. The minimum atomic E-state index is -0.413. The smallest absolute Gasteiger partial charge is 0.243 e. The van der Waals surface area contributed by atoms with Crippen LogP contribution in [0.4, 0.5) is 0 Å². The van der Waals surface area contributed by atoms with Crippen LogP contribution in [0.25, 0.3) is 0 Å². The van der Waals surface area contributed by atoms with Crippen molar-refractivity contribution in [2.45, 2.75) is 32.1 Å². The molecule has 0 unspecified atom stereocenters. The summed E-state index contributed by atoms with van der Waals surface area (Å²) in [4.78, 5) is 22.2. The number of unbranched alkanes of at least 4 members (excludes halogenated alkanes) is 2. The molecule has 3 N–H and O–H groups in total. The Morgan fingerprint density at radius 1 is 1.14 bits per heavy atom. The average Bonchev–Trinajstić information content (AvgIpc) is 2.48. The van der Waals surface area contributed by atoms with Gasteiger partial charge in [0.05, 0.1) is 6.21 Å². The first-order chi connectivity index (χ1) is 10.1. The molecule has 1 rings (SSSR count). The molecule has 0 fully saturated rings. The number of hydrogen-bond acceptors (Lipinski definition) is 4. The van der Waals surface area contributed by atoms with Gasteiger partial charge in [0, 0.05) is 23.4 Å². The van der Waals surface area contributed by atoms with Crippen molar-refractivity contribution in [3.63, 3.8) is 0 Å². The summed E-state index contributed by atoms with van der Waals surface area (Å²) < 4.78 is 0. The van der Waals surface area contributed by atoms with Crippen molar-refractivity contribution in [1.82, 2.24) is 10.9 Å². The van der Waals surface area contributed by atoms with Crippen LogP contribution in [0.3, 0.4) is 0 Å². The summed E-state index contributed by atoms with van der Waals surface area (Å²) in [6.45, 7) is 0. The molecule has 0 saturated heterocycles. The van der Waals surface area contributed by atoms with Gasteiger partial charge in [-0.2, -0.15) is 5.10 Å². The summed E-state index contributed by atoms with van der Waals surface area (Å²) in [7, 11) is 0. The molecule has 0 aromatic heterocycles. The van der Waals surface area contributed by atoms with Crippen LogP contribution in [0, 0.1) is 0 Å². The predicted molar refractivity (Wildman–Crippen MR) is 80.2 cm³/mol. The number of hydrogen-bond donors (Lipinski definition) is 3. The molecule has 0 spiro atoms. The van der Waals surface area contributed by atoms with Crippen LogP contribution in [0.1, 0.15) is 37.7 Å². The summed E-state index contributed by atoms with van der Waals surface area (Å²) in [5.41, 5.74) is 4.72. The summed E-state index contributed by atoms with van der Waals surface area (Å²) in [5.74, 6) is -0.603. The minimum absolute atomic E-state index is 0.190. The lowest BCUT2D eigenvalue weighted by Crippen LogP contribution is -2.18. The van der Waals surface area contributed by atoms with Crippen LogP contribution >= 0.6 is 11.6 Å². The Kier molecular flexibility index (Phi) is 8.08. The van der Waals surface area contributed by atoms with Crippen LogP contribution in [-0.4, -0.2) is 23.2 Å². The Morgan fingerprint density at radius 2 is 1.81 bits per heavy atom. The number of hydroxylamine groups is 1. The molecule has 0 aliphatic heterocycles. The summed E-state index contributed by atoms with van der Waals surface area (Å²) in [5, 5.41) is 12.7. The Hall–Kier alpha value is -1.92. The highest BCUT2D eigenvalue weighted by Gasteiger charge is 2.02. The van der Waals surface area contributed by atoms with Gasteiger partial charge in [0.2, 0.25) is 11.8 Å². The Morgan fingerprint density at radius 3 is 2.48 bits per heavy atom. The topological polar surface area (TPSA) is 90.8 Å². The lowest BCUT2D eigenvalue weighted by molar-refractivity contribution is -0.129. The molecule has 114 valence electrons. The molecule has 0 heterocycles. The van der Waals surface area contributed by atoms with Crippen molar-refractivity contribution in [3.8, 4) is 0 Å². The fourth-order valence-electron chi connectivity index (χ4n) is 1.61. The molecular formula is C14H18ClN3O3. The van der Waals surface area contributed by atoms with E-state index in [1.54, 1.807) is 17.6 Å². The molecule has 0 aliphatic rings. The molecule has 21 heavy (non-hydrogen) atoms. The highest BCUT2D eigenvalue weighted by molar-refractivity contribution is 6.33. The lowest BCUT2D eigenvalue weighted by Gasteiger charge is -2.01. The summed E-state index contributed by atoms with van der Waals surface area (Å²) in [6, 6.07) is 7.18. The minimum Gasteiger partial charge on any atom is -0.289 e. The van der Waals surface area contributed by atoms with E-state index < -0.39 is 5.91 Å². The van der Waals surface area contributed by atoms with E-state index in [0.29, 0.717) is 24.3 Å². The van der Waals surface area contributed by atoms with E-state index in [2.05, 4.69) is 10.5 Å². The van der Waals surface area contributed by atoms with E-state index in [1.165, 1.54) is 6.21 Å². The fourth-order valence-corrected chi connectivity index (χ4v) is 1.80. The number of amides is 2. The third-order valence-electron chi connectivity index (χ3n) is 2.73. The zero-order chi connectivity index (χ0) is 15.5. The molecule has 6 nitrogen and oxygen atoms in total. The van der Waals surface area contributed by atoms with E-state index in [1.807, 2.05) is 12.1 Å². The SMILES string of the molecule is O=C(CCCCCC(=O)N/N=C/c1ccccc1Cl)NO. The molecule has 7 heteroatoms. The molecule has 0 bridgehead atoms. The standard InChI is InChI=1S/C14H18ClN3O3/c15-12-7-5-4-6-11(12)10-16-17-13(19)8-2-1-3-9-14(20)18-21/h4-7,10,21H,1-3,8-9H2,(H,17,19)(H,18,20)/b16-10+. The van der Waals surface area contributed by atoms with Crippen LogP contribution in [-0.2, 0) is 9.59 Å². The molecule has 0 radical (unpaired) electrons. The summed E-state index contributed by atoms with van der Waals surface area (Å²) >= 11 is 5.94. The van der Waals surface area contributed by atoms with E-state index >= 15 is 0 Å². The van der Waals surface area contributed by atoms with Gasteiger partial charge < -0.3 is 0 Å². The van der Waals surface area contributed by atoms with Crippen LogP contribution in [0.5, 0.6) is 0 Å². The van der Waals surface area contributed by atoms with E-state index in [4.69, 9.17) is 16.8 Å². The van der Waals surface area contributed by atoms with Gasteiger partial charge in [-0.25, -0.2) is 10.9 Å². The maximum atomic E-state index is 11.5. The third-order valence-corrected chi connectivity index (χ3v) is 3.07. The van der Waals surface area contributed by atoms with Crippen molar-refractivity contribution >= 4 is 29.6 Å². The number of nitrogens with zero attached hydrogens (tertiary/aromatic N) is 1. The van der Waals surface area contributed by atoms with E-state index in [9.17, 15) is 9.59 Å². The largest absolute Gasteiger partial charge is 0.289 e. The maximum Gasteiger partial charge on any atom is 0.243 e. The first-order valence-electron chi connectivity index (χ1n) is 6.63. The van der Waals surface area contributed by atoms with E-state index in [0.717, 1.165) is 12.0 Å². The van der Waals surface area contributed by atoms with Gasteiger partial charge in [0.1, 0.15) is 0 Å². The Labute approximate surface area is 128 Å². The Bertz CT molecular complexity index is 506. The van der Waals surface area contributed by atoms with Gasteiger partial charge in [0.15, 0.2) is 0 Å². The second-order valence-electron chi connectivity index (χ2n) is 4.41.